The van der Waals surface area contributed by atoms with Gasteiger partial charge in [0.05, 0.1) is 18.1 Å². The van der Waals surface area contributed by atoms with Crippen molar-refractivity contribution < 1.29 is 9.59 Å². The molecule has 0 saturated heterocycles. The summed E-state index contributed by atoms with van der Waals surface area (Å²) in [6.07, 6.45) is 2.95. The van der Waals surface area contributed by atoms with Crippen molar-refractivity contribution in [1.29, 1.82) is 0 Å². The van der Waals surface area contributed by atoms with E-state index in [-0.39, 0.29) is 11.8 Å². The number of nitrogens with zero attached hydrogens (tertiary/aromatic N) is 6. The number of nitrogens with one attached hydrogen (secondary N) is 1. The lowest BCUT2D eigenvalue weighted by atomic mass is 10.2. The van der Waals surface area contributed by atoms with Crippen LogP contribution in [0.3, 0.4) is 0 Å². The Morgan fingerprint density at radius 1 is 1.19 bits per heavy atom. The number of fused-ring (bicyclic) bond motifs is 1. The van der Waals surface area contributed by atoms with Crippen LogP contribution in [0.1, 0.15) is 39.2 Å². The smallest absolute Gasteiger partial charge is 0.273 e. The molecule has 3 rings (SSSR count). The van der Waals surface area contributed by atoms with Crippen LogP contribution in [0.15, 0.2) is 18.5 Å². The first-order valence-corrected chi connectivity index (χ1v) is 8.24. The standard InChI is InChI=1S/C17H21N7O2/c1-6-23-14(17(26)22(4)5)13(9-18-23)21-16(25)12-8-19-24-11(3)7-10(2)20-15(12)24/h7-9H,6H2,1-5H3,(H,21,25). The highest BCUT2D eigenvalue weighted by Gasteiger charge is 2.23. The Morgan fingerprint density at radius 3 is 2.58 bits per heavy atom. The van der Waals surface area contributed by atoms with Crippen LogP contribution >= 0.6 is 0 Å². The summed E-state index contributed by atoms with van der Waals surface area (Å²) in [5, 5.41) is 11.2. The molecule has 136 valence electrons. The van der Waals surface area contributed by atoms with Gasteiger partial charge in [0.15, 0.2) is 5.65 Å². The second-order valence-corrected chi connectivity index (χ2v) is 6.21. The molecule has 1 N–H and O–H groups in total. The highest BCUT2D eigenvalue weighted by Crippen LogP contribution is 2.19. The molecule has 3 aromatic heterocycles. The van der Waals surface area contributed by atoms with Gasteiger partial charge in [-0.15, -0.1) is 0 Å². The van der Waals surface area contributed by atoms with E-state index in [4.69, 9.17) is 0 Å². The summed E-state index contributed by atoms with van der Waals surface area (Å²) in [5.74, 6) is -0.620. The van der Waals surface area contributed by atoms with E-state index in [1.807, 2.05) is 26.8 Å². The summed E-state index contributed by atoms with van der Waals surface area (Å²) in [6.45, 7) is 6.16. The van der Waals surface area contributed by atoms with Crippen molar-refractivity contribution in [2.24, 2.45) is 0 Å². The Hall–Kier alpha value is -3.23. The molecule has 0 saturated carbocycles. The van der Waals surface area contributed by atoms with Crippen LogP contribution in [-0.2, 0) is 6.54 Å². The maximum atomic E-state index is 12.8. The van der Waals surface area contributed by atoms with Crippen LogP contribution in [0.2, 0.25) is 0 Å². The minimum atomic E-state index is -0.388. The Bertz CT molecular complexity index is 1000. The van der Waals surface area contributed by atoms with Crippen molar-refractivity contribution in [2.75, 3.05) is 19.4 Å². The minimum absolute atomic E-state index is 0.232. The molecule has 0 aromatic carbocycles. The predicted octanol–water partition coefficient (Wildman–Crippen LogP) is 1.52. The molecule has 0 fully saturated rings. The van der Waals surface area contributed by atoms with Crippen molar-refractivity contribution in [2.45, 2.75) is 27.3 Å². The summed E-state index contributed by atoms with van der Waals surface area (Å²) >= 11 is 0. The van der Waals surface area contributed by atoms with Crippen LogP contribution < -0.4 is 5.32 Å². The summed E-state index contributed by atoms with van der Waals surface area (Å²) in [4.78, 5) is 31.1. The van der Waals surface area contributed by atoms with Crippen LogP contribution in [-0.4, -0.2) is 55.2 Å². The first-order chi connectivity index (χ1) is 12.3. The molecule has 0 spiro atoms. The SMILES string of the molecule is CCn1ncc(NC(=O)c2cnn3c(C)cc(C)nc23)c1C(=O)N(C)C. The fraction of sp³-hybridized carbons (Fsp3) is 0.353. The van der Waals surface area contributed by atoms with E-state index < -0.39 is 0 Å². The monoisotopic (exact) mass is 355 g/mol. The Kier molecular flexibility index (Phi) is 4.45. The third kappa shape index (κ3) is 2.92. The van der Waals surface area contributed by atoms with Gasteiger partial charge in [-0.3, -0.25) is 14.3 Å². The second-order valence-electron chi connectivity index (χ2n) is 6.21. The largest absolute Gasteiger partial charge is 0.343 e. The highest BCUT2D eigenvalue weighted by atomic mass is 16.2. The third-order valence-corrected chi connectivity index (χ3v) is 4.02. The lowest BCUT2D eigenvalue weighted by molar-refractivity contribution is 0.0816. The van der Waals surface area contributed by atoms with E-state index in [2.05, 4.69) is 20.5 Å². The number of aryl methyl sites for hydroxylation is 3. The average molecular weight is 355 g/mol. The molecular formula is C17H21N7O2. The predicted molar refractivity (Wildman–Crippen MR) is 96.3 cm³/mol. The first kappa shape index (κ1) is 17.6. The summed E-state index contributed by atoms with van der Waals surface area (Å²) in [6, 6.07) is 1.89. The summed E-state index contributed by atoms with van der Waals surface area (Å²) < 4.78 is 3.17. The van der Waals surface area contributed by atoms with E-state index in [0.717, 1.165) is 11.4 Å². The number of carbonyl (C=O) groups is 2. The van der Waals surface area contributed by atoms with Gasteiger partial charge in [-0.2, -0.15) is 10.2 Å². The number of rotatable bonds is 4. The summed E-state index contributed by atoms with van der Waals surface area (Å²) in [7, 11) is 3.31. The number of hydrogen-bond acceptors (Lipinski definition) is 5. The van der Waals surface area contributed by atoms with Crippen molar-refractivity contribution in [3.63, 3.8) is 0 Å². The fourth-order valence-electron chi connectivity index (χ4n) is 2.77. The van der Waals surface area contributed by atoms with Crippen LogP contribution in [0, 0.1) is 13.8 Å². The van der Waals surface area contributed by atoms with Gasteiger partial charge in [-0.25, -0.2) is 9.50 Å². The third-order valence-electron chi connectivity index (χ3n) is 4.02. The van der Waals surface area contributed by atoms with Crippen LogP contribution in [0.4, 0.5) is 5.69 Å². The van der Waals surface area contributed by atoms with E-state index in [1.165, 1.54) is 17.3 Å². The van der Waals surface area contributed by atoms with E-state index >= 15 is 0 Å². The van der Waals surface area contributed by atoms with Gasteiger partial charge in [0, 0.05) is 32.0 Å². The summed E-state index contributed by atoms with van der Waals surface area (Å²) in [5.41, 5.74) is 3.19. The molecule has 3 heterocycles. The van der Waals surface area contributed by atoms with E-state index in [9.17, 15) is 9.59 Å². The normalized spacial score (nSPS) is 11.0. The molecule has 9 nitrogen and oxygen atoms in total. The Labute approximate surface area is 150 Å². The van der Waals surface area contributed by atoms with E-state index in [1.54, 1.807) is 23.3 Å². The van der Waals surface area contributed by atoms with Gasteiger partial charge in [0.1, 0.15) is 11.3 Å². The zero-order chi connectivity index (χ0) is 19.0. The van der Waals surface area contributed by atoms with Crippen LogP contribution in [0.25, 0.3) is 5.65 Å². The van der Waals surface area contributed by atoms with Crippen LogP contribution in [0.5, 0.6) is 0 Å². The van der Waals surface area contributed by atoms with Gasteiger partial charge in [0.25, 0.3) is 11.8 Å². The molecular weight excluding hydrogens is 334 g/mol. The molecule has 9 heteroatoms. The Balaban J connectivity index is 1.99. The fourth-order valence-corrected chi connectivity index (χ4v) is 2.77. The van der Waals surface area contributed by atoms with Gasteiger partial charge in [0.2, 0.25) is 0 Å². The topological polar surface area (TPSA) is 97.4 Å². The first-order valence-electron chi connectivity index (χ1n) is 8.24. The zero-order valence-electron chi connectivity index (χ0n) is 15.4. The lowest BCUT2D eigenvalue weighted by Crippen LogP contribution is -2.26. The maximum Gasteiger partial charge on any atom is 0.273 e. The molecule has 0 radical (unpaired) electrons. The molecule has 0 atom stereocenters. The number of anilines is 1. The van der Waals surface area contributed by atoms with Crippen molar-refractivity contribution in [3.8, 4) is 0 Å². The molecule has 0 aliphatic carbocycles. The van der Waals surface area contributed by atoms with Gasteiger partial charge < -0.3 is 10.2 Å². The molecule has 0 aliphatic heterocycles. The second kappa shape index (κ2) is 6.58. The minimum Gasteiger partial charge on any atom is -0.343 e. The number of aromatic nitrogens is 5. The van der Waals surface area contributed by atoms with Crippen molar-refractivity contribution in [1.82, 2.24) is 29.3 Å². The maximum absolute atomic E-state index is 12.8. The molecule has 0 bridgehead atoms. The van der Waals surface area contributed by atoms with Gasteiger partial charge >= 0.3 is 0 Å². The molecule has 26 heavy (non-hydrogen) atoms. The molecule has 2 amide bonds. The zero-order valence-corrected chi connectivity index (χ0v) is 15.4. The highest BCUT2D eigenvalue weighted by molar-refractivity contribution is 6.10. The van der Waals surface area contributed by atoms with Crippen molar-refractivity contribution >= 4 is 23.1 Å². The quantitative estimate of drug-likeness (QED) is 0.765. The lowest BCUT2D eigenvalue weighted by Gasteiger charge is -2.13. The van der Waals surface area contributed by atoms with Gasteiger partial charge in [-0.05, 0) is 26.8 Å². The molecule has 0 unspecified atom stereocenters. The molecule has 3 aromatic rings. The average Bonchev–Trinajstić information content (AvgIpc) is 3.17. The van der Waals surface area contributed by atoms with E-state index in [0.29, 0.717) is 29.1 Å². The number of hydrogen-bond donors (Lipinski definition) is 1. The van der Waals surface area contributed by atoms with Gasteiger partial charge in [-0.1, -0.05) is 0 Å². The van der Waals surface area contributed by atoms with Crippen molar-refractivity contribution in [3.05, 3.63) is 41.1 Å². The number of amides is 2. The number of carbonyl (C=O) groups excluding carboxylic acids is 2. The Morgan fingerprint density at radius 2 is 1.92 bits per heavy atom. The molecule has 0 aliphatic rings.